The van der Waals surface area contributed by atoms with E-state index in [1.165, 1.54) is 12.8 Å². The van der Waals surface area contributed by atoms with Crippen molar-refractivity contribution in [2.45, 2.75) is 73.3 Å². The van der Waals surface area contributed by atoms with E-state index in [1.54, 1.807) is 6.08 Å². The van der Waals surface area contributed by atoms with Crippen LogP contribution in [0.15, 0.2) is 49.2 Å². The van der Waals surface area contributed by atoms with E-state index in [4.69, 9.17) is 9.31 Å². The van der Waals surface area contributed by atoms with Gasteiger partial charge in [0.2, 0.25) is 0 Å². The lowest BCUT2D eigenvalue weighted by Crippen LogP contribution is -2.58. The summed E-state index contributed by atoms with van der Waals surface area (Å²) in [6, 6.07) is 4.09. The second-order valence-electron chi connectivity index (χ2n) is 8.03. The minimum Gasteiger partial charge on any atom is -0.407 e. The number of allylic oxidation sites excluding steroid dienone is 5. The second kappa shape index (κ2) is 11.4. The van der Waals surface area contributed by atoms with E-state index < -0.39 is 0 Å². The van der Waals surface area contributed by atoms with Gasteiger partial charge in [-0.15, -0.1) is 0 Å². The first-order chi connectivity index (χ1) is 13.3. The minimum absolute atomic E-state index is 0.0263. The summed E-state index contributed by atoms with van der Waals surface area (Å²) in [7, 11) is -0.365. The molecule has 0 aromatic carbocycles. The van der Waals surface area contributed by atoms with Crippen molar-refractivity contribution in [2.24, 2.45) is 5.41 Å². The molecule has 0 saturated carbocycles. The van der Waals surface area contributed by atoms with Gasteiger partial charge in [-0.3, -0.25) is 4.98 Å². The van der Waals surface area contributed by atoms with E-state index in [9.17, 15) is 0 Å². The fraction of sp³-hybridized carbons (Fsp3) is 0.542. The highest BCUT2D eigenvalue weighted by molar-refractivity contribution is 6.61. The third-order valence-electron chi connectivity index (χ3n) is 5.32. The van der Waals surface area contributed by atoms with Gasteiger partial charge in [-0.25, -0.2) is 0 Å². The van der Waals surface area contributed by atoms with Crippen LogP contribution in [-0.2, 0) is 9.31 Å². The highest BCUT2D eigenvalue weighted by Crippen LogP contribution is 2.37. The number of nitrogens with zero attached hydrogens (tertiary/aromatic N) is 1. The van der Waals surface area contributed by atoms with E-state index in [1.807, 2.05) is 32.2 Å². The first-order valence-electron chi connectivity index (χ1n) is 10.6. The predicted octanol–water partition coefficient (Wildman–Crippen LogP) is 5.97. The van der Waals surface area contributed by atoms with Gasteiger partial charge in [-0.05, 0) is 31.9 Å². The fourth-order valence-corrected chi connectivity index (χ4v) is 2.69. The van der Waals surface area contributed by atoms with E-state index in [2.05, 4.69) is 64.4 Å². The van der Waals surface area contributed by atoms with Crippen LogP contribution in [0.25, 0.3) is 5.57 Å². The molecule has 4 heteroatoms. The van der Waals surface area contributed by atoms with Gasteiger partial charge in [0.15, 0.2) is 0 Å². The van der Waals surface area contributed by atoms with Crippen LogP contribution in [0.3, 0.4) is 0 Å². The van der Waals surface area contributed by atoms with Gasteiger partial charge < -0.3 is 9.31 Å². The fourth-order valence-electron chi connectivity index (χ4n) is 2.69. The van der Waals surface area contributed by atoms with E-state index >= 15 is 0 Å². The SMILES string of the molecule is C=C/C=C\C(=C/CCCC)c1ccc(B2OCC(C)(C)C(C)(C)O2)cn1.CC. The maximum Gasteiger partial charge on any atom is 0.495 e. The summed E-state index contributed by atoms with van der Waals surface area (Å²) in [5.74, 6) is 0. The van der Waals surface area contributed by atoms with Crippen molar-refractivity contribution in [3.63, 3.8) is 0 Å². The maximum absolute atomic E-state index is 6.22. The summed E-state index contributed by atoms with van der Waals surface area (Å²) in [6.45, 7) is 19.2. The smallest absolute Gasteiger partial charge is 0.407 e. The van der Waals surface area contributed by atoms with Crippen molar-refractivity contribution in [1.29, 1.82) is 0 Å². The Morgan fingerprint density at radius 1 is 1.25 bits per heavy atom. The molecule has 2 rings (SSSR count). The molecule has 1 saturated heterocycles. The molecule has 1 fully saturated rings. The topological polar surface area (TPSA) is 31.4 Å². The molecule has 0 unspecified atom stereocenters. The molecule has 154 valence electrons. The van der Waals surface area contributed by atoms with Gasteiger partial charge in [0.05, 0.1) is 11.3 Å². The van der Waals surface area contributed by atoms with Crippen molar-refractivity contribution in [3.8, 4) is 0 Å². The molecule has 1 aliphatic rings. The Balaban J connectivity index is 0.00000190. The Kier molecular flexibility index (Phi) is 9.91. The third kappa shape index (κ3) is 6.46. The van der Waals surface area contributed by atoms with Gasteiger partial charge in [0.25, 0.3) is 0 Å². The van der Waals surface area contributed by atoms with E-state index in [0.29, 0.717) is 6.61 Å². The number of hydrogen-bond acceptors (Lipinski definition) is 3. The molecular weight excluding hydrogens is 345 g/mol. The first kappa shape index (κ1) is 24.4. The minimum atomic E-state index is -0.365. The zero-order chi connectivity index (χ0) is 21.2. The number of unbranched alkanes of at least 4 members (excludes halogenated alkanes) is 2. The van der Waals surface area contributed by atoms with Gasteiger partial charge in [0, 0.05) is 23.7 Å². The van der Waals surface area contributed by atoms with Crippen molar-refractivity contribution in [2.75, 3.05) is 6.61 Å². The average molecular weight is 383 g/mol. The Morgan fingerprint density at radius 2 is 1.96 bits per heavy atom. The Bertz CT molecular complexity index is 660. The van der Waals surface area contributed by atoms with Crippen LogP contribution in [0.2, 0.25) is 0 Å². The van der Waals surface area contributed by atoms with Crippen molar-refractivity contribution in [1.82, 2.24) is 4.98 Å². The van der Waals surface area contributed by atoms with Crippen LogP contribution >= 0.6 is 0 Å². The monoisotopic (exact) mass is 383 g/mol. The van der Waals surface area contributed by atoms with Crippen LogP contribution in [0.5, 0.6) is 0 Å². The molecule has 0 radical (unpaired) electrons. The molecule has 0 spiro atoms. The Hall–Kier alpha value is -1.65. The number of pyridine rings is 1. The standard InChI is InChI=1S/C22H32BNO2.C2H6/c1-7-9-11-13-18(12-10-8-2)20-15-14-19(16-24-20)23-25-17-21(3,4)22(5,6)26-23;1-2/h8,10,12-16H,2,7,9,11,17H2,1,3-6H3;1-2H3/b12-10-,18-13+;. The van der Waals surface area contributed by atoms with Crippen molar-refractivity contribution in [3.05, 3.63) is 54.9 Å². The molecule has 28 heavy (non-hydrogen) atoms. The summed E-state index contributed by atoms with van der Waals surface area (Å²) in [6.07, 6.45) is 13.3. The van der Waals surface area contributed by atoms with E-state index in [-0.39, 0.29) is 18.1 Å². The summed E-state index contributed by atoms with van der Waals surface area (Å²) in [4.78, 5) is 4.66. The van der Waals surface area contributed by atoms with Crippen LogP contribution in [0.1, 0.15) is 73.4 Å². The van der Waals surface area contributed by atoms with Crippen LogP contribution < -0.4 is 5.46 Å². The normalized spacial score (nSPS) is 18.5. The average Bonchev–Trinajstić information content (AvgIpc) is 2.68. The largest absolute Gasteiger partial charge is 0.495 e. The predicted molar refractivity (Wildman–Crippen MR) is 123 cm³/mol. The van der Waals surface area contributed by atoms with Crippen LogP contribution in [0.4, 0.5) is 0 Å². The highest BCUT2D eigenvalue weighted by Gasteiger charge is 2.46. The van der Waals surface area contributed by atoms with Crippen molar-refractivity contribution >= 4 is 18.2 Å². The van der Waals surface area contributed by atoms with Crippen LogP contribution in [0, 0.1) is 5.41 Å². The lowest BCUT2D eigenvalue weighted by atomic mass is 9.69. The molecule has 1 aromatic heterocycles. The van der Waals surface area contributed by atoms with Gasteiger partial charge in [-0.2, -0.15) is 0 Å². The van der Waals surface area contributed by atoms with Crippen molar-refractivity contribution < 1.29 is 9.31 Å². The van der Waals surface area contributed by atoms with Gasteiger partial charge in [-0.1, -0.05) is 84.4 Å². The molecule has 0 aliphatic carbocycles. The Labute approximate surface area is 173 Å². The summed E-state index contributed by atoms with van der Waals surface area (Å²) in [5.41, 5.74) is 2.75. The molecule has 1 aromatic rings. The highest BCUT2D eigenvalue weighted by atomic mass is 16.6. The molecule has 0 N–H and O–H groups in total. The molecule has 0 bridgehead atoms. The zero-order valence-electron chi connectivity index (χ0n) is 18.9. The molecule has 0 atom stereocenters. The lowest BCUT2D eigenvalue weighted by Gasteiger charge is -2.47. The third-order valence-corrected chi connectivity index (χ3v) is 5.32. The lowest BCUT2D eigenvalue weighted by molar-refractivity contribution is -0.0937. The van der Waals surface area contributed by atoms with Crippen LogP contribution in [-0.4, -0.2) is 24.3 Å². The first-order valence-corrected chi connectivity index (χ1v) is 10.6. The molecule has 2 heterocycles. The molecular formula is C24H38BNO2. The van der Waals surface area contributed by atoms with Gasteiger partial charge >= 0.3 is 7.12 Å². The number of rotatable bonds is 7. The maximum atomic E-state index is 6.22. The number of aromatic nitrogens is 1. The quantitative estimate of drug-likeness (QED) is 0.330. The summed E-state index contributed by atoms with van der Waals surface area (Å²) < 4.78 is 12.2. The summed E-state index contributed by atoms with van der Waals surface area (Å²) >= 11 is 0. The number of hydrogen-bond donors (Lipinski definition) is 0. The van der Waals surface area contributed by atoms with Gasteiger partial charge in [0.1, 0.15) is 0 Å². The summed E-state index contributed by atoms with van der Waals surface area (Å²) in [5, 5.41) is 0. The second-order valence-corrected chi connectivity index (χ2v) is 8.03. The molecule has 3 nitrogen and oxygen atoms in total. The molecule has 1 aliphatic heterocycles. The zero-order valence-corrected chi connectivity index (χ0v) is 18.9. The Morgan fingerprint density at radius 3 is 2.50 bits per heavy atom. The van der Waals surface area contributed by atoms with E-state index in [0.717, 1.165) is 23.2 Å². The molecule has 0 amide bonds.